The van der Waals surface area contributed by atoms with Gasteiger partial charge in [0.05, 0.1) is 19.3 Å². The van der Waals surface area contributed by atoms with E-state index in [2.05, 4.69) is 43.2 Å². The van der Waals surface area contributed by atoms with E-state index in [-0.39, 0.29) is 5.54 Å². The van der Waals surface area contributed by atoms with Crippen LogP contribution in [0.5, 0.6) is 5.75 Å². The Hall–Kier alpha value is -1.81. The summed E-state index contributed by atoms with van der Waals surface area (Å²) in [6.45, 7) is 7.25. The number of benzene rings is 1. The molecular weight excluding hydrogens is 262 g/mol. The van der Waals surface area contributed by atoms with Crippen LogP contribution in [0.25, 0.3) is 11.3 Å². The molecule has 2 aromatic rings. The summed E-state index contributed by atoms with van der Waals surface area (Å²) in [5.41, 5.74) is 4.97. The molecule has 3 rings (SSSR count). The van der Waals surface area contributed by atoms with Gasteiger partial charge in [-0.2, -0.15) is 0 Å². The lowest BCUT2D eigenvalue weighted by atomic mass is 9.92. The number of nitrogens with one attached hydrogen (secondary N) is 2. The molecule has 0 saturated heterocycles. The van der Waals surface area contributed by atoms with Gasteiger partial charge in [-0.05, 0) is 51.3 Å². The average Bonchev–Trinajstić information content (AvgIpc) is 2.87. The molecule has 0 spiro atoms. The van der Waals surface area contributed by atoms with Crippen molar-refractivity contribution in [2.45, 2.75) is 45.7 Å². The van der Waals surface area contributed by atoms with Crippen molar-refractivity contribution in [3.8, 4) is 17.0 Å². The number of hydrogen-bond donors (Lipinski definition) is 2. The molecule has 1 aromatic heterocycles. The molecule has 0 saturated carbocycles. The highest BCUT2D eigenvalue weighted by Gasteiger charge is 2.21. The number of imidazole rings is 1. The number of methoxy groups -OCH3 is 1. The molecule has 1 aliphatic carbocycles. The van der Waals surface area contributed by atoms with Crippen LogP contribution in [0.4, 0.5) is 0 Å². The van der Waals surface area contributed by atoms with Crippen LogP contribution in [0.1, 0.15) is 37.9 Å². The van der Waals surface area contributed by atoms with Gasteiger partial charge in [-0.3, -0.25) is 0 Å². The van der Waals surface area contributed by atoms with E-state index in [1.165, 1.54) is 16.8 Å². The molecule has 4 nitrogen and oxygen atoms in total. The third-order valence-electron chi connectivity index (χ3n) is 3.83. The molecule has 2 N–H and O–H groups in total. The second-order valence-corrected chi connectivity index (χ2v) is 6.64. The van der Waals surface area contributed by atoms with Crippen LogP contribution in [-0.2, 0) is 19.4 Å². The summed E-state index contributed by atoms with van der Waals surface area (Å²) in [4.78, 5) is 8.27. The van der Waals surface area contributed by atoms with Gasteiger partial charge in [0.1, 0.15) is 11.6 Å². The Labute approximate surface area is 125 Å². The molecule has 112 valence electrons. The second kappa shape index (κ2) is 5.19. The van der Waals surface area contributed by atoms with Gasteiger partial charge in [0.25, 0.3) is 0 Å². The van der Waals surface area contributed by atoms with Crippen molar-refractivity contribution in [1.29, 1.82) is 0 Å². The van der Waals surface area contributed by atoms with E-state index in [1.807, 2.05) is 6.07 Å². The van der Waals surface area contributed by atoms with E-state index in [0.717, 1.165) is 36.7 Å². The third-order valence-corrected chi connectivity index (χ3v) is 3.83. The summed E-state index contributed by atoms with van der Waals surface area (Å²) < 4.78 is 5.34. The highest BCUT2D eigenvalue weighted by atomic mass is 16.5. The van der Waals surface area contributed by atoms with Gasteiger partial charge in [0, 0.05) is 16.8 Å². The van der Waals surface area contributed by atoms with Crippen LogP contribution in [-0.4, -0.2) is 22.6 Å². The van der Waals surface area contributed by atoms with Crippen molar-refractivity contribution in [3.05, 3.63) is 35.3 Å². The topological polar surface area (TPSA) is 49.9 Å². The molecule has 4 heteroatoms. The zero-order chi connectivity index (χ0) is 15.0. The molecule has 1 aliphatic rings. The number of nitrogens with zero attached hydrogens (tertiary/aromatic N) is 1. The molecule has 0 bridgehead atoms. The summed E-state index contributed by atoms with van der Waals surface area (Å²) in [6.07, 6.45) is 2.08. The maximum Gasteiger partial charge on any atom is 0.121 e. The molecule has 0 atom stereocenters. The van der Waals surface area contributed by atoms with Gasteiger partial charge in [-0.1, -0.05) is 6.07 Å². The maximum atomic E-state index is 5.34. The molecule has 21 heavy (non-hydrogen) atoms. The van der Waals surface area contributed by atoms with Gasteiger partial charge in [-0.15, -0.1) is 0 Å². The number of aromatic amines is 1. The van der Waals surface area contributed by atoms with E-state index in [9.17, 15) is 0 Å². The summed E-state index contributed by atoms with van der Waals surface area (Å²) in [5.74, 6) is 1.89. The Morgan fingerprint density at radius 3 is 2.81 bits per heavy atom. The first-order valence-corrected chi connectivity index (χ1v) is 7.46. The minimum atomic E-state index is 0.0917. The van der Waals surface area contributed by atoms with Crippen molar-refractivity contribution in [2.75, 3.05) is 7.11 Å². The maximum absolute atomic E-state index is 5.34. The number of H-pyrrole nitrogens is 1. The number of rotatable bonds is 3. The van der Waals surface area contributed by atoms with E-state index in [4.69, 9.17) is 9.72 Å². The molecular formula is C17H23N3O. The van der Waals surface area contributed by atoms with Crippen molar-refractivity contribution in [3.63, 3.8) is 0 Å². The third kappa shape index (κ3) is 2.95. The number of fused-ring (bicyclic) bond motifs is 3. The van der Waals surface area contributed by atoms with Crippen LogP contribution in [0.2, 0.25) is 0 Å². The Bertz CT molecular complexity index is 653. The Morgan fingerprint density at radius 1 is 1.29 bits per heavy atom. The molecule has 0 radical (unpaired) electrons. The van der Waals surface area contributed by atoms with Crippen LogP contribution >= 0.6 is 0 Å². The van der Waals surface area contributed by atoms with Crippen molar-refractivity contribution in [2.24, 2.45) is 0 Å². The van der Waals surface area contributed by atoms with E-state index < -0.39 is 0 Å². The predicted molar refractivity (Wildman–Crippen MR) is 84.6 cm³/mol. The van der Waals surface area contributed by atoms with Gasteiger partial charge in [0.2, 0.25) is 0 Å². The fourth-order valence-corrected chi connectivity index (χ4v) is 2.68. The van der Waals surface area contributed by atoms with Crippen molar-refractivity contribution in [1.82, 2.24) is 15.3 Å². The number of ether oxygens (including phenoxy) is 1. The Kier molecular flexibility index (Phi) is 3.49. The van der Waals surface area contributed by atoms with Crippen LogP contribution < -0.4 is 10.1 Å². The van der Waals surface area contributed by atoms with Crippen LogP contribution in [0.3, 0.4) is 0 Å². The molecule has 0 amide bonds. The Balaban J connectivity index is 1.91. The highest BCUT2D eigenvalue weighted by Crippen LogP contribution is 2.34. The lowest BCUT2D eigenvalue weighted by molar-refractivity contribution is 0.415. The molecule has 1 heterocycles. The van der Waals surface area contributed by atoms with Gasteiger partial charge < -0.3 is 15.0 Å². The second-order valence-electron chi connectivity index (χ2n) is 6.64. The molecule has 0 aliphatic heterocycles. The number of aryl methyl sites for hydroxylation is 2. The fraction of sp³-hybridized carbons (Fsp3) is 0.471. The van der Waals surface area contributed by atoms with Gasteiger partial charge >= 0.3 is 0 Å². The highest BCUT2D eigenvalue weighted by molar-refractivity contribution is 5.70. The van der Waals surface area contributed by atoms with E-state index in [0.29, 0.717) is 0 Å². The summed E-state index contributed by atoms with van der Waals surface area (Å²) >= 11 is 0. The molecule has 0 fully saturated rings. The molecule has 0 unspecified atom stereocenters. The van der Waals surface area contributed by atoms with Crippen LogP contribution in [0.15, 0.2) is 18.2 Å². The normalized spacial score (nSPS) is 13.7. The van der Waals surface area contributed by atoms with Crippen molar-refractivity contribution >= 4 is 0 Å². The average molecular weight is 285 g/mol. The van der Waals surface area contributed by atoms with E-state index >= 15 is 0 Å². The summed E-state index contributed by atoms with van der Waals surface area (Å²) in [5, 5.41) is 3.48. The van der Waals surface area contributed by atoms with E-state index in [1.54, 1.807) is 7.11 Å². The minimum Gasteiger partial charge on any atom is -0.497 e. The molecule has 1 aromatic carbocycles. The quantitative estimate of drug-likeness (QED) is 0.911. The van der Waals surface area contributed by atoms with Gasteiger partial charge in [0.15, 0.2) is 0 Å². The SMILES string of the molecule is COc1ccc2c(c1)-c1nc(CNC(C)(C)C)[nH]c1CC2. The van der Waals surface area contributed by atoms with Crippen molar-refractivity contribution < 1.29 is 4.74 Å². The summed E-state index contributed by atoms with van der Waals surface area (Å²) in [6, 6.07) is 6.27. The first-order valence-electron chi connectivity index (χ1n) is 7.46. The lowest BCUT2D eigenvalue weighted by Gasteiger charge is -2.19. The summed E-state index contributed by atoms with van der Waals surface area (Å²) in [7, 11) is 1.70. The Morgan fingerprint density at radius 2 is 2.10 bits per heavy atom. The largest absolute Gasteiger partial charge is 0.497 e. The van der Waals surface area contributed by atoms with Crippen LogP contribution in [0, 0.1) is 0 Å². The first kappa shape index (κ1) is 14.1. The zero-order valence-electron chi connectivity index (χ0n) is 13.2. The van der Waals surface area contributed by atoms with Gasteiger partial charge in [-0.25, -0.2) is 4.98 Å². The zero-order valence-corrected chi connectivity index (χ0v) is 13.2. The monoisotopic (exact) mass is 285 g/mol. The first-order chi connectivity index (χ1) is 9.96. The predicted octanol–water partition coefficient (Wildman–Crippen LogP) is 3.07. The number of aromatic nitrogens is 2. The fourth-order valence-electron chi connectivity index (χ4n) is 2.68. The standard InChI is InChI=1S/C17H23N3O/c1-17(2,3)18-10-15-19-14-8-6-11-5-7-12(21-4)9-13(11)16(14)20-15/h5,7,9,18H,6,8,10H2,1-4H3,(H,19,20). The smallest absolute Gasteiger partial charge is 0.121 e. The lowest BCUT2D eigenvalue weighted by Crippen LogP contribution is -2.35. The number of hydrogen-bond acceptors (Lipinski definition) is 3. The minimum absolute atomic E-state index is 0.0917.